The van der Waals surface area contributed by atoms with Crippen LogP contribution in [0.2, 0.25) is 0 Å². The summed E-state index contributed by atoms with van der Waals surface area (Å²) >= 11 is 0. The maximum atomic E-state index is 12.2. The summed E-state index contributed by atoms with van der Waals surface area (Å²) in [5.41, 5.74) is 0.00749. The van der Waals surface area contributed by atoms with Crippen LogP contribution in [0.1, 0.15) is 40.0 Å². The lowest BCUT2D eigenvalue weighted by atomic mass is 9.82. The van der Waals surface area contributed by atoms with E-state index in [-0.39, 0.29) is 5.60 Å². The van der Waals surface area contributed by atoms with Gasteiger partial charge in [-0.05, 0) is 44.2 Å². The number of likely N-dealkylation sites (tertiary alicyclic amines) is 1. The van der Waals surface area contributed by atoms with Gasteiger partial charge in [0.1, 0.15) is 5.60 Å². The maximum absolute atomic E-state index is 12.2. The van der Waals surface area contributed by atoms with Crippen LogP contribution in [0.4, 0.5) is 0 Å². The third-order valence-corrected chi connectivity index (χ3v) is 5.74. The van der Waals surface area contributed by atoms with Crippen LogP contribution in [0.3, 0.4) is 0 Å². The summed E-state index contributed by atoms with van der Waals surface area (Å²) in [5, 5.41) is 0. The van der Waals surface area contributed by atoms with Gasteiger partial charge in [-0.3, -0.25) is 4.79 Å². The molecule has 2 aliphatic heterocycles. The first-order valence-electron chi connectivity index (χ1n) is 8.72. The zero-order valence-corrected chi connectivity index (χ0v) is 13.8. The van der Waals surface area contributed by atoms with Gasteiger partial charge in [0.2, 0.25) is 5.91 Å². The number of amides is 1. The Morgan fingerprint density at radius 3 is 2.48 bits per heavy atom. The quantitative estimate of drug-likeness (QED) is 0.777. The Kier molecular flexibility index (Phi) is 4.28. The molecule has 4 nitrogen and oxygen atoms in total. The fourth-order valence-electron chi connectivity index (χ4n) is 3.86. The lowest BCUT2D eigenvalue weighted by Gasteiger charge is -2.53. The van der Waals surface area contributed by atoms with Crippen molar-refractivity contribution in [2.24, 2.45) is 17.8 Å². The highest BCUT2D eigenvalue weighted by Crippen LogP contribution is 2.43. The summed E-state index contributed by atoms with van der Waals surface area (Å²) in [7, 11) is 0. The van der Waals surface area contributed by atoms with Crippen molar-refractivity contribution in [3.63, 3.8) is 0 Å². The van der Waals surface area contributed by atoms with Gasteiger partial charge in [-0.25, -0.2) is 0 Å². The summed E-state index contributed by atoms with van der Waals surface area (Å²) in [6.45, 7) is 12.6. The lowest BCUT2D eigenvalue weighted by Crippen LogP contribution is -2.66. The molecule has 1 amide bonds. The van der Waals surface area contributed by atoms with Gasteiger partial charge < -0.3 is 14.5 Å². The van der Waals surface area contributed by atoms with E-state index in [1.807, 2.05) is 4.90 Å². The third kappa shape index (κ3) is 3.11. The van der Waals surface area contributed by atoms with Crippen molar-refractivity contribution >= 4 is 5.91 Å². The van der Waals surface area contributed by atoms with Crippen LogP contribution in [-0.4, -0.2) is 60.6 Å². The molecule has 1 spiro atoms. The van der Waals surface area contributed by atoms with E-state index in [9.17, 15) is 4.79 Å². The number of nitrogens with zero attached hydrogens (tertiary/aromatic N) is 2. The Bertz CT molecular complexity index is 378. The van der Waals surface area contributed by atoms with Crippen molar-refractivity contribution in [2.45, 2.75) is 45.6 Å². The van der Waals surface area contributed by atoms with E-state index in [2.05, 4.69) is 25.7 Å². The van der Waals surface area contributed by atoms with Crippen molar-refractivity contribution in [1.29, 1.82) is 0 Å². The van der Waals surface area contributed by atoms with Crippen molar-refractivity contribution in [2.75, 3.05) is 39.3 Å². The Hall–Kier alpha value is -0.610. The molecule has 1 saturated carbocycles. The first-order valence-corrected chi connectivity index (χ1v) is 8.72. The van der Waals surface area contributed by atoms with E-state index >= 15 is 0 Å². The molecule has 0 unspecified atom stereocenters. The normalized spacial score (nSPS) is 34.1. The predicted molar refractivity (Wildman–Crippen MR) is 83.0 cm³/mol. The Labute approximate surface area is 128 Å². The molecule has 4 heteroatoms. The average molecular weight is 294 g/mol. The number of ether oxygens (including phenoxy) is 1. The van der Waals surface area contributed by atoms with Gasteiger partial charge in [0.25, 0.3) is 0 Å². The van der Waals surface area contributed by atoms with E-state index < -0.39 is 0 Å². The monoisotopic (exact) mass is 294 g/mol. The average Bonchev–Trinajstić information content (AvgIpc) is 3.19. The van der Waals surface area contributed by atoms with Gasteiger partial charge in [-0.15, -0.1) is 0 Å². The number of rotatable bonds is 5. The molecule has 0 N–H and O–H groups in total. The van der Waals surface area contributed by atoms with Gasteiger partial charge in [-0.2, -0.15) is 0 Å². The van der Waals surface area contributed by atoms with Gasteiger partial charge in [0.05, 0.1) is 19.7 Å². The maximum Gasteiger partial charge on any atom is 0.226 e. The first kappa shape index (κ1) is 15.3. The highest BCUT2D eigenvalue weighted by Gasteiger charge is 2.52. The van der Waals surface area contributed by atoms with Crippen LogP contribution in [-0.2, 0) is 9.53 Å². The largest absolute Gasteiger partial charge is 0.371 e. The molecular formula is C17H30N2O2. The molecule has 0 radical (unpaired) electrons. The number of hydrogen-bond acceptors (Lipinski definition) is 3. The second-order valence-electron chi connectivity index (χ2n) is 7.40. The standard InChI is InChI=1S/C17H30N2O2/c1-4-18(5-2)9-14-6-7-17(21-10-14)11-19(12-17)16(20)15-8-13(15)3/h13-15H,4-12H2,1-3H3/t13-,14+,15+/m1/s1. The van der Waals surface area contributed by atoms with E-state index in [0.29, 0.717) is 23.7 Å². The van der Waals surface area contributed by atoms with Crippen LogP contribution in [0.5, 0.6) is 0 Å². The molecule has 21 heavy (non-hydrogen) atoms. The SMILES string of the molecule is CCN(CC)C[C@@H]1CCC2(CN(C(=O)[C@H]3C[C@H]3C)C2)OC1. The van der Waals surface area contributed by atoms with Crippen molar-refractivity contribution in [3.05, 3.63) is 0 Å². The van der Waals surface area contributed by atoms with Gasteiger partial charge in [-0.1, -0.05) is 20.8 Å². The number of carbonyl (C=O) groups excluding carboxylic acids is 1. The second kappa shape index (κ2) is 5.88. The minimum absolute atomic E-state index is 0.00749. The summed E-state index contributed by atoms with van der Waals surface area (Å²) in [4.78, 5) is 16.7. The van der Waals surface area contributed by atoms with Crippen LogP contribution < -0.4 is 0 Å². The second-order valence-corrected chi connectivity index (χ2v) is 7.40. The number of hydrogen-bond donors (Lipinski definition) is 0. The summed E-state index contributed by atoms with van der Waals surface area (Å²) in [6, 6.07) is 0. The van der Waals surface area contributed by atoms with Crippen LogP contribution >= 0.6 is 0 Å². The smallest absolute Gasteiger partial charge is 0.226 e. The number of carbonyl (C=O) groups is 1. The van der Waals surface area contributed by atoms with Gasteiger partial charge in [0, 0.05) is 12.5 Å². The van der Waals surface area contributed by atoms with E-state index in [1.54, 1.807) is 0 Å². The zero-order chi connectivity index (χ0) is 15.0. The van der Waals surface area contributed by atoms with Crippen LogP contribution in [0, 0.1) is 17.8 Å². The molecule has 3 fully saturated rings. The van der Waals surface area contributed by atoms with Crippen molar-refractivity contribution < 1.29 is 9.53 Å². The predicted octanol–water partition coefficient (Wildman–Crippen LogP) is 1.99. The molecule has 3 rings (SSSR count). The molecule has 3 aliphatic rings. The van der Waals surface area contributed by atoms with Gasteiger partial charge in [0.15, 0.2) is 0 Å². The molecular weight excluding hydrogens is 264 g/mol. The Morgan fingerprint density at radius 1 is 1.33 bits per heavy atom. The molecule has 1 aliphatic carbocycles. The zero-order valence-electron chi connectivity index (χ0n) is 13.8. The lowest BCUT2D eigenvalue weighted by molar-refractivity contribution is -0.190. The molecule has 120 valence electrons. The van der Waals surface area contributed by atoms with E-state index in [0.717, 1.165) is 52.2 Å². The summed E-state index contributed by atoms with van der Waals surface area (Å²) < 4.78 is 6.19. The molecule has 3 atom stereocenters. The third-order valence-electron chi connectivity index (χ3n) is 5.74. The van der Waals surface area contributed by atoms with Crippen molar-refractivity contribution in [1.82, 2.24) is 9.80 Å². The Morgan fingerprint density at radius 2 is 2.00 bits per heavy atom. The van der Waals surface area contributed by atoms with E-state index in [1.165, 1.54) is 6.42 Å². The van der Waals surface area contributed by atoms with Crippen molar-refractivity contribution in [3.8, 4) is 0 Å². The van der Waals surface area contributed by atoms with Crippen LogP contribution in [0.25, 0.3) is 0 Å². The van der Waals surface area contributed by atoms with Crippen LogP contribution in [0.15, 0.2) is 0 Å². The molecule has 2 saturated heterocycles. The van der Waals surface area contributed by atoms with E-state index in [4.69, 9.17) is 4.74 Å². The van der Waals surface area contributed by atoms with Gasteiger partial charge >= 0.3 is 0 Å². The Balaban J connectivity index is 1.41. The fraction of sp³-hybridized carbons (Fsp3) is 0.941. The fourth-order valence-corrected chi connectivity index (χ4v) is 3.86. The summed E-state index contributed by atoms with van der Waals surface area (Å²) in [6.07, 6.45) is 3.47. The minimum atomic E-state index is 0.00749. The topological polar surface area (TPSA) is 32.8 Å². The molecule has 0 aromatic rings. The molecule has 2 heterocycles. The minimum Gasteiger partial charge on any atom is -0.371 e. The molecule has 0 aromatic heterocycles. The molecule has 0 bridgehead atoms. The first-order chi connectivity index (χ1) is 10.1. The summed E-state index contributed by atoms with van der Waals surface area (Å²) in [5.74, 6) is 1.98. The molecule has 0 aromatic carbocycles. The highest BCUT2D eigenvalue weighted by molar-refractivity contribution is 5.82. The highest BCUT2D eigenvalue weighted by atomic mass is 16.5.